The van der Waals surface area contributed by atoms with E-state index < -0.39 is 11.8 Å². The van der Waals surface area contributed by atoms with Gasteiger partial charge in [-0.15, -0.1) is 0 Å². The van der Waals surface area contributed by atoms with Gasteiger partial charge in [0, 0.05) is 20.2 Å². The van der Waals surface area contributed by atoms with Crippen LogP contribution in [0.2, 0.25) is 0 Å². The highest BCUT2D eigenvalue weighted by Crippen LogP contribution is 2.28. The molecule has 0 amide bonds. The molecule has 1 aliphatic heterocycles. The van der Waals surface area contributed by atoms with Gasteiger partial charge in [0.05, 0.1) is 17.5 Å². The summed E-state index contributed by atoms with van der Waals surface area (Å²) in [4.78, 5) is 13.0. The summed E-state index contributed by atoms with van der Waals surface area (Å²) in [6.07, 6.45) is 2.04. The molecule has 5 nitrogen and oxygen atoms in total. The Kier molecular flexibility index (Phi) is 3.90. The van der Waals surface area contributed by atoms with Gasteiger partial charge >= 0.3 is 5.97 Å². The van der Waals surface area contributed by atoms with E-state index in [1.165, 1.54) is 12.1 Å². The number of carbonyl (C=O) groups is 1. The molecule has 1 saturated heterocycles. The predicted molar refractivity (Wildman–Crippen MR) is 70.0 cm³/mol. The molecular weight excluding hydrogens is 251 g/mol. The number of nitrogen functional groups attached to an aromatic ring is 1. The minimum absolute atomic E-state index is 0.0814. The molecule has 1 unspecified atom stereocenters. The molecule has 1 aromatic carbocycles. The summed E-state index contributed by atoms with van der Waals surface area (Å²) in [5.41, 5.74) is 5.40. The van der Waals surface area contributed by atoms with Crippen LogP contribution in [0.5, 0.6) is 0 Å². The normalized spacial score (nSPS) is 18.5. The maximum absolute atomic E-state index is 13.4. The lowest BCUT2D eigenvalue weighted by Crippen LogP contribution is -2.30. The largest absolute Gasteiger partial charge is 0.478 e. The number of carboxylic acids is 1. The van der Waals surface area contributed by atoms with Crippen LogP contribution in [-0.2, 0) is 4.74 Å². The van der Waals surface area contributed by atoms with Crippen LogP contribution in [0.4, 0.5) is 15.8 Å². The average Bonchev–Trinajstić information content (AvgIpc) is 2.84. The zero-order chi connectivity index (χ0) is 14.0. The van der Waals surface area contributed by atoms with E-state index in [0.29, 0.717) is 12.2 Å². The van der Waals surface area contributed by atoms with Crippen molar-refractivity contribution in [3.63, 3.8) is 0 Å². The summed E-state index contributed by atoms with van der Waals surface area (Å²) >= 11 is 0. The van der Waals surface area contributed by atoms with Gasteiger partial charge in [0.2, 0.25) is 0 Å². The fourth-order valence-corrected chi connectivity index (χ4v) is 2.32. The van der Waals surface area contributed by atoms with Crippen molar-refractivity contribution in [2.45, 2.75) is 18.9 Å². The van der Waals surface area contributed by atoms with Crippen molar-refractivity contribution in [3.8, 4) is 0 Å². The summed E-state index contributed by atoms with van der Waals surface area (Å²) in [5, 5.41) is 9.18. The van der Waals surface area contributed by atoms with Crippen LogP contribution < -0.4 is 10.6 Å². The minimum atomic E-state index is -1.23. The molecule has 0 spiro atoms. The number of anilines is 2. The number of rotatable bonds is 4. The number of aromatic carboxylic acids is 1. The number of carboxylic acid groups (broad SMARTS) is 1. The van der Waals surface area contributed by atoms with Crippen molar-refractivity contribution in [1.29, 1.82) is 0 Å². The minimum Gasteiger partial charge on any atom is -0.478 e. The second kappa shape index (κ2) is 5.44. The Morgan fingerprint density at radius 3 is 2.95 bits per heavy atom. The number of nitrogens with zero attached hydrogens (tertiary/aromatic N) is 1. The van der Waals surface area contributed by atoms with Crippen LogP contribution in [-0.4, -0.2) is 37.4 Å². The first kappa shape index (κ1) is 13.6. The quantitative estimate of drug-likeness (QED) is 0.813. The summed E-state index contributed by atoms with van der Waals surface area (Å²) in [5.74, 6) is -1.95. The predicted octanol–water partition coefficient (Wildman–Crippen LogP) is 1.72. The van der Waals surface area contributed by atoms with Gasteiger partial charge in [-0.2, -0.15) is 0 Å². The van der Waals surface area contributed by atoms with Crippen LogP contribution >= 0.6 is 0 Å². The molecule has 1 aliphatic rings. The molecule has 1 aromatic rings. The van der Waals surface area contributed by atoms with Gasteiger partial charge in [-0.1, -0.05) is 0 Å². The fourth-order valence-electron chi connectivity index (χ4n) is 2.32. The molecule has 0 aromatic heterocycles. The molecule has 1 fully saturated rings. The van der Waals surface area contributed by atoms with Crippen molar-refractivity contribution in [2.75, 3.05) is 30.8 Å². The van der Waals surface area contributed by atoms with Gasteiger partial charge in [0.25, 0.3) is 0 Å². The number of halogens is 1. The monoisotopic (exact) mass is 268 g/mol. The maximum atomic E-state index is 13.4. The number of nitrogens with two attached hydrogens (primary N) is 1. The third kappa shape index (κ3) is 2.78. The van der Waals surface area contributed by atoms with Gasteiger partial charge in [-0.3, -0.25) is 0 Å². The van der Waals surface area contributed by atoms with E-state index in [4.69, 9.17) is 10.5 Å². The highest BCUT2D eigenvalue weighted by atomic mass is 19.1. The molecule has 1 atom stereocenters. The lowest BCUT2D eigenvalue weighted by molar-refractivity contribution is 0.0697. The Morgan fingerprint density at radius 1 is 1.63 bits per heavy atom. The average molecular weight is 268 g/mol. The zero-order valence-electron chi connectivity index (χ0n) is 10.7. The van der Waals surface area contributed by atoms with E-state index in [1.54, 1.807) is 11.9 Å². The van der Waals surface area contributed by atoms with Crippen LogP contribution in [0, 0.1) is 5.82 Å². The van der Waals surface area contributed by atoms with Crippen LogP contribution in [0.3, 0.4) is 0 Å². The van der Waals surface area contributed by atoms with Crippen molar-refractivity contribution in [1.82, 2.24) is 0 Å². The first-order valence-electron chi connectivity index (χ1n) is 6.14. The smallest absolute Gasteiger partial charge is 0.340 e. The summed E-state index contributed by atoms with van der Waals surface area (Å²) < 4.78 is 18.9. The van der Waals surface area contributed by atoms with Gasteiger partial charge in [-0.05, 0) is 25.0 Å². The third-order valence-electron chi connectivity index (χ3n) is 3.30. The topological polar surface area (TPSA) is 75.8 Å². The first-order chi connectivity index (χ1) is 9.00. The van der Waals surface area contributed by atoms with E-state index in [0.717, 1.165) is 19.4 Å². The lowest BCUT2D eigenvalue weighted by Gasteiger charge is -2.24. The Balaban J connectivity index is 2.27. The first-order valence-corrected chi connectivity index (χ1v) is 6.14. The molecule has 104 valence electrons. The molecule has 19 heavy (non-hydrogen) atoms. The third-order valence-corrected chi connectivity index (χ3v) is 3.30. The number of likely N-dealkylation sites (N-methyl/N-ethyl adjacent to an activating group) is 1. The number of benzene rings is 1. The highest BCUT2D eigenvalue weighted by molar-refractivity contribution is 6.00. The van der Waals surface area contributed by atoms with Crippen molar-refractivity contribution in [2.24, 2.45) is 0 Å². The Hall–Kier alpha value is -1.82. The van der Waals surface area contributed by atoms with Gasteiger partial charge in [0.15, 0.2) is 0 Å². The van der Waals surface area contributed by atoms with Gasteiger partial charge in [0.1, 0.15) is 11.4 Å². The Morgan fingerprint density at radius 2 is 2.37 bits per heavy atom. The molecule has 6 heteroatoms. The standard InChI is InChI=1S/C13H17FN2O3/c1-16(7-8-3-2-6-19-8)10-5-4-9(14)12(15)11(10)13(17)18/h4-5,8H,2-3,6-7,15H2,1H3,(H,17,18). The van der Waals surface area contributed by atoms with E-state index in [1.807, 2.05) is 0 Å². The molecule has 0 radical (unpaired) electrons. The fraction of sp³-hybridized carbons (Fsp3) is 0.462. The second-order valence-corrected chi connectivity index (χ2v) is 4.68. The van der Waals surface area contributed by atoms with Crippen molar-refractivity contribution >= 4 is 17.3 Å². The number of ether oxygens (including phenoxy) is 1. The highest BCUT2D eigenvalue weighted by Gasteiger charge is 2.23. The van der Waals surface area contributed by atoms with E-state index in [-0.39, 0.29) is 17.4 Å². The summed E-state index contributed by atoms with van der Waals surface area (Å²) in [6, 6.07) is 2.62. The van der Waals surface area contributed by atoms with Crippen LogP contribution in [0.25, 0.3) is 0 Å². The Bertz CT molecular complexity index is 487. The van der Waals surface area contributed by atoms with Gasteiger partial charge in [-0.25, -0.2) is 9.18 Å². The molecule has 0 aliphatic carbocycles. The summed E-state index contributed by atoms with van der Waals surface area (Å²) in [7, 11) is 1.75. The SMILES string of the molecule is CN(CC1CCCO1)c1ccc(F)c(N)c1C(=O)O. The van der Waals surface area contributed by atoms with Crippen molar-refractivity contribution in [3.05, 3.63) is 23.5 Å². The van der Waals surface area contributed by atoms with Crippen LogP contribution in [0.15, 0.2) is 12.1 Å². The molecular formula is C13H17FN2O3. The van der Waals surface area contributed by atoms with Crippen molar-refractivity contribution < 1.29 is 19.0 Å². The summed E-state index contributed by atoms with van der Waals surface area (Å²) in [6.45, 7) is 1.29. The molecule has 3 N–H and O–H groups in total. The Labute approximate surface area is 110 Å². The molecule has 1 heterocycles. The number of hydrogen-bond acceptors (Lipinski definition) is 4. The molecule has 0 saturated carbocycles. The van der Waals surface area contributed by atoms with Gasteiger partial charge < -0.3 is 20.5 Å². The molecule has 0 bridgehead atoms. The molecule has 2 rings (SSSR count). The second-order valence-electron chi connectivity index (χ2n) is 4.68. The maximum Gasteiger partial charge on any atom is 0.340 e. The van der Waals surface area contributed by atoms with Crippen LogP contribution in [0.1, 0.15) is 23.2 Å². The van der Waals surface area contributed by atoms with E-state index >= 15 is 0 Å². The van der Waals surface area contributed by atoms with E-state index in [2.05, 4.69) is 0 Å². The zero-order valence-corrected chi connectivity index (χ0v) is 10.7. The number of hydrogen-bond donors (Lipinski definition) is 2. The van der Waals surface area contributed by atoms with E-state index in [9.17, 15) is 14.3 Å². The lowest BCUT2D eigenvalue weighted by atomic mass is 10.1.